The molecule has 1 amide bonds. The van der Waals surface area contributed by atoms with Gasteiger partial charge in [0.2, 0.25) is 5.13 Å². The zero-order valence-electron chi connectivity index (χ0n) is 23.2. The van der Waals surface area contributed by atoms with Gasteiger partial charge in [-0.2, -0.15) is 0 Å². The predicted molar refractivity (Wildman–Crippen MR) is 166 cm³/mol. The molecule has 2 heterocycles. The molecule has 1 aromatic heterocycles. The second kappa shape index (κ2) is 13.0. The van der Waals surface area contributed by atoms with Gasteiger partial charge < -0.3 is 14.6 Å². The summed E-state index contributed by atoms with van der Waals surface area (Å²) in [5, 5.41) is 20.7. The van der Waals surface area contributed by atoms with Crippen molar-refractivity contribution in [2.24, 2.45) is 0 Å². The summed E-state index contributed by atoms with van der Waals surface area (Å²) in [7, 11) is 0. The van der Waals surface area contributed by atoms with Gasteiger partial charge in [0.25, 0.3) is 5.78 Å². The van der Waals surface area contributed by atoms with Crippen molar-refractivity contribution in [3.05, 3.63) is 99.6 Å². The minimum atomic E-state index is -0.988. The monoisotopic (exact) mass is 621 g/mol. The van der Waals surface area contributed by atoms with Crippen molar-refractivity contribution in [3.8, 4) is 11.5 Å². The third-order valence-corrected chi connectivity index (χ3v) is 8.91. The number of hydrogen-bond acceptors (Lipinski definition) is 9. The number of anilines is 1. The molecule has 3 aromatic carbocycles. The van der Waals surface area contributed by atoms with Gasteiger partial charge in [0.05, 0.1) is 24.8 Å². The number of amides is 1. The van der Waals surface area contributed by atoms with Crippen LogP contribution in [0, 0.1) is 6.92 Å². The molecule has 1 aliphatic heterocycles. The first-order valence-electron chi connectivity index (χ1n) is 13.3. The molecule has 1 fully saturated rings. The fourth-order valence-corrected chi connectivity index (χ4v) is 6.48. The topological polar surface area (TPSA) is 102 Å². The summed E-state index contributed by atoms with van der Waals surface area (Å²) >= 11 is 8.75. The van der Waals surface area contributed by atoms with E-state index in [4.69, 9.17) is 21.1 Å². The van der Waals surface area contributed by atoms with Crippen molar-refractivity contribution in [2.75, 3.05) is 18.1 Å². The Bertz CT molecular complexity index is 1640. The molecule has 5 rings (SSSR count). The fraction of sp³-hybridized carbons (Fsp3) is 0.226. The number of rotatable bonds is 10. The molecular weight excluding hydrogens is 594 g/mol. The third-order valence-electron chi connectivity index (χ3n) is 6.53. The van der Waals surface area contributed by atoms with E-state index in [-0.39, 0.29) is 16.5 Å². The van der Waals surface area contributed by atoms with Gasteiger partial charge in [-0.1, -0.05) is 70.6 Å². The number of aliphatic hydroxyl groups excluding tert-OH is 1. The molecule has 42 heavy (non-hydrogen) atoms. The van der Waals surface area contributed by atoms with Crippen molar-refractivity contribution < 1.29 is 24.2 Å². The highest BCUT2D eigenvalue weighted by Gasteiger charge is 2.48. The summed E-state index contributed by atoms with van der Waals surface area (Å²) in [6.45, 7) is 6.57. The van der Waals surface area contributed by atoms with Gasteiger partial charge >= 0.3 is 5.91 Å². The van der Waals surface area contributed by atoms with Crippen LogP contribution in [0.2, 0.25) is 5.02 Å². The predicted octanol–water partition coefficient (Wildman–Crippen LogP) is 7.22. The second-order valence-corrected chi connectivity index (χ2v) is 12.0. The van der Waals surface area contributed by atoms with Crippen LogP contribution in [-0.2, 0) is 15.3 Å². The van der Waals surface area contributed by atoms with E-state index in [1.807, 2.05) is 20.8 Å². The smallest absolute Gasteiger partial charge is 0.301 e. The highest BCUT2D eigenvalue weighted by Crippen LogP contribution is 2.45. The first-order valence-corrected chi connectivity index (χ1v) is 15.5. The van der Waals surface area contributed by atoms with Gasteiger partial charge in [-0.15, -0.1) is 10.2 Å². The molecule has 11 heteroatoms. The number of ether oxygens (including phenoxy) is 2. The lowest BCUT2D eigenvalue weighted by Gasteiger charge is -2.23. The number of aryl methyl sites for hydroxylation is 1. The van der Waals surface area contributed by atoms with Crippen LogP contribution in [-0.4, -0.2) is 40.2 Å². The van der Waals surface area contributed by atoms with Crippen LogP contribution in [0.25, 0.3) is 5.76 Å². The Kier molecular flexibility index (Phi) is 9.15. The van der Waals surface area contributed by atoms with Crippen LogP contribution in [0.1, 0.15) is 42.1 Å². The molecule has 0 aliphatic carbocycles. The molecule has 0 radical (unpaired) electrons. The van der Waals surface area contributed by atoms with Crippen molar-refractivity contribution in [1.82, 2.24) is 10.2 Å². The number of benzene rings is 3. The molecule has 1 atom stereocenters. The van der Waals surface area contributed by atoms with E-state index in [9.17, 15) is 14.7 Å². The Labute approximate surface area is 257 Å². The highest BCUT2D eigenvalue weighted by atomic mass is 35.5. The zero-order valence-corrected chi connectivity index (χ0v) is 25.6. The summed E-state index contributed by atoms with van der Waals surface area (Å²) in [5.41, 5.74) is 3.13. The third kappa shape index (κ3) is 6.16. The summed E-state index contributed by atoms with van der Waals surface area (Å²) in [6.07, 6.45) is 0. The number of hydrogen-bond donors (Lipinski definition) is 1. The van der Waals surface area contributed by atoms with Crippen molar-refractivity contribution in [3.63, 3.8) is 0 Å². The number of carbonyl (C=O) groups is 2. The molecule has 8 nitrogen and oxygen atoms in total. The Morgan fingerprint density at radius 3 is 2.36 bits per heavy atom. The standard InChI is InChI=1S/C31H28ClN3O5S2/c1-4-39-23-15-12-21(16-24(23)40-5-2)26-25(27(36)20-10-13-22(32)14-11-20)28(37)29(38)35(26)30-33-34-31(42-30)41-17-19-8-6-18(3)7-9-19/h6-16,26,36H,4-5,17H2,1-3H3/b27-25+. The summed E-state index contributed by atoms with van der Waals surface area (Å²) < 4.78 is 12.2. The lowest BCUT2D eigenvalue weighted by molar-refractivity contribution is -0.132. The number of aliphatic hydroxyl groups is 1. The number of nitrogens with zero attached hydrogens (tertiary/aromatic N) is 3. The minimum Gasteiger partial charge on any atom is -0.507 e. The normalized spacial score (nSPS) is 16.2. The van der Waals surface area contributed by atoms with E-state index in [1.54, 1.807) is 42.5 Å². The second-order valence-electron chi connectivity index (χ2n) is 9.37. The average Bonchev–Trinajstić information content (AvgIpc) is 3.56. The minimum absolute atomic E-state index is 0.0713. The van der Waals surface area contributed by atoms with Crippen LogP contribution in [0.3, 0.4) is 0 Å². The van der Waals surface area contributed by atoms with Crippen molar-refractivity contribution in [1.29, 1.82) is 0 Å². The van der Waals surface area contributed by atoms with Crippen LogP contribution in [0.4, 0.5) is 5.13 Å². The average molecular weight is 622 g/mol. The first kappa shape index (κ1) is 29.6. The fourth-order valence-electron chi connectivity index (χ4n) is 4.53. The molecule has 1 aliphatic rings. The van der Waals surface area contributed by atoms with Crippen LogP contribution in [0.15, 0.2) is 76.6 Å². The Balaban J connectivity index is 1.57. The van der Waals surface area contributed by atoms with Gasteiger partial charge in [0.15, 0.2) is 15.8 Å². The summed E-state index contributed by atoms with van der Waals surface area (Å²) in [6, 6.07) is 18.8. The molecule has 4 aromatic rings. The summed E-state index contributed by atoms with van der Waals surface area (Å²) in [5.74, 6) is -0.298. The van der Waals surface area contributed by atoms with E-state index >= 15 is 0 Å². The highest BCUT2D eigenvalue weighted by molar-refractivity contribution is 8.00. The van der Waals surface area contributed by atoms with E-state index in [0.717, 1.165) is 5.56 Å². The molecular formula is C31H28ClN3O5S2. The van der Waals surface area contributed by atoms with Crippen LogP contribution in [0.5, 0.6) is 11.5 Å². The quantitative estimate of drug-likeness (QED) is 0.0651. The van der Waals surface area contributed by atoms with Gasteiger partial charge in [0.1, 0.15) is 5.76 Å². The zero-order chi connectivity index (χ0) is 29.8. The van der Waals surface area contributed by atoms with Gasteiger partial charge in [0, 0.05) is 16.3 Å². The van der Waals surface area contributed by atoms with E-state index in [0.29, 0.717) is 51.0 Å². The Morgan fingerprint density at radius 2 is 1.67 bits per heavy atom. The number of halogens is 1. The lowest BCUT2D eigenvalue weighted by Crippen LogP contribution is -2.29. The summed E-state index contributed by atoms with van der Waals surface area (Å²) in [4.78, 5) is 28.4. The van der Waals surface area contributed by atoms with Crippen LogP contribution >= 0.6 is 34.7 Å². The maximum Gasteiger partial charge on any atom is 0.301 e. The number of carbonyl (C=O) groups excluding carboxylic acids is 2. The SMILES string of the molecule is CCOc1ccc(C2/C(=C(\O)c3ccc(Cl)cc3)C(=O)C(=O)N2c2nnc(SCc3ccc(C)cc3)s2)cc1OCC. The Morgan fingerprint density at radius 1 is 0.976 bits per heavy atom. The van der Waals surface area contributed by atoms with Gasteiger partial charge in [-0.3, -0.25) is 14.5 Å². The molecule has 216 valence electrons. The molecule has 1 unspecified atom stereocenters. The van der Waals surface area contributed by atoms with E-state index in [2.05, 4.69) is 34.5 Å². The number of aromatic nitrogens is 2. The number of Topliss-reactive ketones (excluding diaryl/α,β-unsaturated/α-hetero) is 1. The Hall–Kier alpha value is -3.86. The van der Waals surface area contributed by atoms with E-state index < -0.39 is 17.7 Å². The maximum atomic E-state index is 13.6. The van der Waals surface area contributed by atoms with Gasteiger partial charge in [-0.25, -0.2) is 0 Å². The maximum absolute atomic E-state index is 13.6. The molecule has 1 N–H and O–H groups in total. The molecule has 1 saturated heterocycles. The number of ketones is 1. The first-order chi connectivity index (χ1) is 20.3. The largest absolute Gasteiger partial charge is 0.507 e. The molecule has 0 spiro atoms. The molecule has 0 saturated carbocycles. The van der Waals surface area contributed by atoms with Crippen molar-refractivity contribution in [2.45, 2.75) is 36.9 Å². The number of thioether (sulfide) groups is 1. The van der Waals surface area contributed by atoms with Gasteiger partial charge in [-0.05, 0) is 68.3 Å². The lowest BCUT2D eigenvalue weighted by atomic mass is 9.95. The van der Waals surface area contributed by atoms with E-state index in [1.165, 1.54) is 33.6 Å². The van der Waals surface area contributed by atoms with Crippen molar-refractivity contribution >= 4 is 57.3 Å². The van der Waals surface area contributed by atoms with Crippen LogP contribution < -0.4 is 14.4 Å². The molecule has 0 bridgehead atoms.